The van der Waals surface area contributed by atoms with E-state index in [2.05, 4.69) is 16.0 Å². The van der Waals surface area contributed by atoms with Gasteiger partial charge in [-0.1, -0.05) is 0 Å². The second kappa shape index (κ2) is 4.71. The van der Waals surface area contributed by atoms with E-state index in [0.717, 1.165) is 0 Å². The SMILES string of the molecule is CNCC(=O)NC1CCC(=O)NC1=O. The van der Waals surface area contributed by atoms with Crippen molar-refractivity contribution in [2.75, 3.05) is 13.6 Å². The first-order valence-electron chi connectivity index (χ1n) is 4.41. The van der Waals surface area contributed by atoms with Gasteiger partial charge in [-0.25, -0.2) is 0 Å². The van der Waals surface area contributed by atoms with Crippen molar-refractivity contribution in [1.29, 1.82) is 0 Å². The van der Waals surface area contributed by atoms with Crippen molar-refractivity contribution < 1.29 is 14.4 Å². The molecule has 1 heterocycles. The predicted molar refractivity (Wildman–Crippen MR) is 48.2 cm³/mol. The lowest BCUT2D eigenvalue weighted by Crippen LogP contribution is -2.53. The summed E-state index contributed by atoms with van der Waals surface area (Å²) in [6.45, 7) is 0.164. The van der Waals surface area contributed by atoms with Gasteiger partial charge in [0.2, 0.25) is 17.7 Å². The number of hydrogen-bond donors (Lipinski definition) is 3. The number of piperidine rings is 1. The van der Waals surface area contributed by atoms with Crippen LogP contribution in [-0.4, -0.2) is 37.4 Å². The van der Waals surface area contributed by atoms with Gasteiger partial charge in [-0.15, -0.1) is 0 Å². The molecule has 1 rings (SSSR count). The fraction of sp³-hybridized carbons (Fsp3) is 0.625. The molecule has 0 bridgehead atoms. The van der Waals surface area contributed by atoms with Crippen LogP contribution < -0.4 is 16.0 Å². The van der Waals surface area contributed by atoms with Gasteiger partial charge < -0.3 is 10.6 Å². The van der Waals surface area contributed by atoms with Gasteiger partial charge in [-0.05, 0) is 13.5 Å². The minimum atomic E-state index is -0.575. The van der Waals surface area contributed by atoms with Gasteiger partial charge in [0.15, 0.2) is 0 Å². The number of nitrogens with one attached hydrogen (secondary N) is 3. The van der Waals surface area contributed by atoms with Crippen LogP contribution in [0.1, 0.15) is 12.8 Å². The van der Waals surface area contributed by atoms with Gasteiger partial charge in [0.1, 0.15) is 6.04 Å². The van der Waals surface area contributed by atoms with Crippen LogP contribution in [0.3, 0.4) is 0 Å². The quantitative estimate of drug-likeness (QED) is 0.465. The Morgan fingerprint density at radius 2 is 2.29 bits per heavy atom. The van der Waals surface area contributed by atoms with Crippen LogP contribution in [0.2, 0.25) is 0 Å². The molecule has 1 saturated heterocycles. The second-order valence-corrected chi connectivity index (χ2v) is 3.10. The highest BCUT2D eigenvalue weighted by molar-refractivity contribution is 6.01. The van der Waals surface area contributed by atoms with E-state index < -0.39 is 11.9 Å². The summed E-state index contributed by atoms with van der Waals surface area (Å²) < 4.78 is 0. The molecule has 1 unspecified atom stereocenters. The first-order chi connectivity index (χ1) is 6.63. The average molecular weight is 199 g/mol. The summed E-state index contributed by atoms with van der Waals surface area (Å²) in [6, 6.07) is -0.575. The van der Waals surface area contributed by atoms with Crippen molar-refractivity contribution in [1.82, 2.24) is 16.0 Å². The molecule has 1 fully saturated rings. The Morgan fingerprint density at radius 1 is 1.57 bits per heavy atom. The minimum Gasteiger partial charge on any atom is -0.343 e. The number of carbonyl (C=O) groups excluding carboxylic acids is 3. The summed E-state index contributed by atoms with van der Waals surface area (Å²) in [6.07, 6.45) is 0.649. The monoisotopic (exact) mass is 199 g/mol. The highest BCUT2D eigenvalue weighted by Crippen LogP contribution is 2.03. The van der Waals surface area contributed by atoms with Crippen molar-refractivity contribution in [2.45, 2.75) is 18.9 Å². The molecule has 1 atom stereocenters. The van der Waals surface area contributed by atoms with Gasteiger partial charge in [0.05, 0.1) is 6.54 Å². The molecular formula is C8H13N3O3. The maximum Gasteiger partial charge on any atom is 0.249 e. The second-order valence-electron chi connectivity index (χ2n) is 3.10. The van der Waals surface area contributed by atoms with Gasteiger partial charge in [-0.2, -0.15) is 0 Å². The molecule has 0 aromatic rings. The van der Waals surface area contributed by atoms with E-state index in [9.17, 15) is 14.4 Å². The molecule has 3 N–H and O–H groups in total. The molecule has 0 aliphatic carbocycles. The zero-order valence-corrected chi connectivity index (χ0v) is 7.92. The predicted octanol–water partition coefficient (Wildman–Crippen LogP) is -1.87. The van der Waals surface area contributed by atoms with E-state index in [0.29, 0.717) is 6.42 Å². The number of imide groups is 1. The van der Waals surface area contributed by atoms with Gasteiger partial charge in [-0.3, -0.25) is 19.7 Å². The Kier molecular flexibility index (Phi) is 3.58. The first kappa shape index (κ1) is 10.6. The summed E-state index contributed by atoms with van der Waals surface area (Å²) >= 11 is 0. The van der Waals surface area contributed by atoms with Crippen molar-refractivity contribution in [3.63, 3.8) is 0 Å². The third kappa shape index (κ3) is 2.81. The Labute approximate surface area is 81.4 Å². The molecular weight excluding hydrogens is 186 g/mol. The smallest absolute Gasteiger partial charge is 0.249 e. The van der Waals surface area contributed by atoms with E-state index in [1.165, 1.54) is 0 Å². The molecule has 0 radical (unpaired) electrons. The molecule has 0 aromatic carbocycles. The lowest BCUT2D eigenvalue weighted by molar-refractivity contribution is -0.137. The van der Waals surface area contributed by atoms with Crippen molar-refractivity contribution in [2.24, 2.45) is 0 Å². The van der Waals surface area contributed by atoms with Crippen molar-refractivity contribution in [3.05, 3.63) is 0 Å². The lowest BCUT2D eigenvalue weighted by Gasteiger charge is -2.21. The van der Waals surface area contributed by atoms with E-state index in [1.807, 2.05) is 0 Å². The molecule has 1 aliphatic rings. The van der Waals surface area contributed by atoms with E-state index >= 15 is 0 Å². The van der Waals surface area contributed by atoms with Crippen LogP contribution in [0.15, 0.2) is 0 Å². The Hall–Kier alpha value is -1.43. The molecule has 0 spiro atoms. The van der Waals surface area contributed by atoms with Crippen molar-refractivity contribution in [3.8, 4) is 0 Å². The normalized spacial score (nSPS) is 21.6. The number of hydrogen-bond acceptors (Lipinski definition) is 4. The maximum atomic E-state index is 11.2. The highest BCUT2D eigenvalue weighted by Gasteiger charge is 2.27. The van der Waals surface area contributed by atoms with Gasteiger partial charge in [0, 0.05) is 6.42 Å². The summed E-state index contributed by atoms with van der Waals surface area (Å²) in [5, 5.41) is 7.36. The number of likely N-dealkylation sites (N-methyl/N-ethyl adjacent to an activating group) is 1. The Morgan fingerprint density at radius 3 is 2.86 bits per heavy atom. The zero-order valence-electron chi connectivity index (χ0n) is 7.92. The zero-order chi connectivity index (χ0) is 10.6. The van der Waals surface area contributed by atoms with Crippen molar-refractivity contribution >= 4 is 17.7 Å². The van der Waals surface area contributed by atoms with Crippen LogP contribution in [0, 0.1) is 0 Å². The summed E-state index contributed by atoms with van der Waals surface area (Å²) in [7, 11) is 1.64. The van der Waals surface area contributed by atoms with Crippen LogP contribution in [-0.2, 0) is 14.4 Å². The number of amides is 3. The fourth-order valence-electron chi connectivity index (χ4n) is 1.24. The third-order valence-electron chi connectivity index (χ3n) is 1.91. The maximum absolute atomic E-state index is 11.2. The fourth-order valence-corrected chi connectivity index (χ4v) is 1.24. The molecule has 6 nitrogen and oxygen atoms in total. The summed E-state index contributed by atoms with van der Waals surface area (Å²) in [5.74, 6) is -0.957. The molecule has 6 heteroatoms. The molecule has 0 saturated carbocycles. The minimum absolute atomic E-state index is 0.164. The van der Waals surface area contributed by atoms with Gasteiger partial charge >= 0.3 is 0 Å². The van der Waals surface area contributed by atoms with Crippen LogP contribution >= 0.6 is 0 Å². The van der Waals surface area contributed by atoms with Crippen LogP contribution in [0.5, 0.6) is 0 Å². The highest BCUT2D eigenvalue weighted by atomic mass is 16.2. The van der Waals surface area contributed by atoms with Gasteiger partial charge in [0.25, 0.3) is 0 Å². The van der Waals surface area contributed by atoms with E-state index in [4.69, 9.17) is 0 Å². The number of rotatable bonds is 3. The molecule has 14 heavy (non-hydrogen) atoms. The topological polar surface area (TPSA) is 87.3 Å². The summed E-state index contributed by atoms with van der Waals surface area (Å²) in [5.41, 5.74) is 0. The summed E-state index contributed by atoms with van der Waals surface area (Å²) in [4.78, 5) is 33.1. The largest absolute Gasteiger partial charge is 0.343 e. The molecule has 78 valence electrons. The lowest BCUT2D eigenvalue weighted by atomic mass is 10.1. The standard InChI is InChI=1S/C8H13N3O3/c1-9-4-7(13)10-5-2-3-6(12)11-8(5)14/h5,9H,2-4H2,1H3,(H,10,13)(H,11,12,14). The number of carbonyl (C=O) groups is 3. The van der Waals surface area contributed by atoms with Crippen LogP contribution in [0.4, 0.5) is 0 Å². The molecule has 3 amide bonds. The molecule has 0 aromatic heterocycles. The average Bonchev–Trinajstić information content (AvgIpc) is 2.10. The Bertz CT molecular complexity index is 265. The third-order valence-corrected chi connectivity index (χ3v) is 1.91. The van der Waals surface area contributed by atoms with E-state index in [-0.39, 0.29) is 24.8 Å². The molecule has 1 aliphatic heterocycles. The Balaban J connectivity index is 2.41. The van der Waals surface area contributed by atoms with E-state index in [1.54, 1.807) is 7.05 Å². The van der Waals surface area contributed by atoms with Crippen LogP contribution in [0.25, 0.3) is 0 Å². The first-order valence-corrected chi connectivity index (χ1v) is 4.41.